The molecule has 2 aromatic carbocycles. The van der Waals surface area contributed by atoms with Crippen LogP contribution in [-0.4, -0.2) is 16.5 Å². The smallest absolute Gasteiger partial charge is 0.199 e. The van der Waals surface area contributed by atoms with E-state index in [0.717, 1.165) is 32.3 Å². The molecule has 1 heterocycles. The number of pyridine rings is 1. The molecular weight excluding hydrogens is 312 g/mol. The predicted octanol–water partition coefficient (Wildman–Crippen LogP) is 4.49. The number of anilines is 1. The Kier molecular flexibility index (Phi) is 4.36. The third kappa shape index (κ3) is 2.48. The van der Waals surface area contributed by atoms with Gasteiger partial charge in [0.2, 0.25) is 0 Å². The molecule has 0 aliphatic heterocycles. The summed E-state index contributed by atoms with van der Waals surface area (Å²) < 4.78 is 0. The Morgan fingerprint density at radius 3 is 2.50 bits per heavy atom. The molecule has 1 aromatic heterocycles. The van der Waals surface area contributed by atoms with Crippen LogP contribution in [0.15, 0.2) is 44.9 Å². The number of benzene rings is 2. The number of hydrogen-bond donors (Lipinski definition) is 2. The summed E-state index contributed by atoms with van der Waals surface area (Å²) in [5.41, 5.74) is 8.63. The minimum absolute atomic E-state index is 0.0124. The molecule has 3 aromatic rings. The zero-order chi connectivity index (χ0) is 15.7. The fourth-order valence-electron chi connectivity index (χ4n) is 2.61. The van der Waals surface area contributed by atoms with Crippen LogP contribution in [0.2, 0.25) is 0 Å². The lowest BCUT2D eigenvalue weighted by Crippen LogP contribution is -2.08. The molecule has 114 valence electrons. The quantitative estimate of drug-likeness (QED) is 0.420. The molecule has 3 nitrogen and oxygen atoms in total. The van der Waals surface area contributed by atoms with Crippen molar-refractivity contribution in [2.24, 2.45) is 0 Å². The Morgan fingerprint density at radius 2 is 1.77 bits per heavy atom. The van der Waals surface area contributed by atoms with Crippen molar-refractivity contribution >= 4 is 51.0 Å². The Bertz CT molecular complexity index is 902. The fraction of sp³-hybridized carbons (Fsp3) is 0.235. The maximum absolute atomic E-state index is 12.9. The second kappa shape index (κ2) is 6.26. The monoisotopic (exact) mass is 330 g/mol. The third-order valence-corrected chi connectivity index (χ3v) is 5.41. The number of para-hydroxylation sites is 1. The van der Waals surface area contributed by atoms with Crippen molar-refractivity contribution in [3.63, 3.8) is 0 Å². The lowest BCUT2D eigenvalue weighted by molar-refractivity contribution is 1.32. The van der Waals surface area contributed by atoms with Crippen LogP contribution in [0.4, 0.5) is 5.69 Å². The molecule has 0 saturated carbocycles. The summed E-state index contributed by atoms with van der Waals surface area (Å²) in [5.74, 6) is 1.88. The van der Waals surface area contributed by atoms with Gasteiger partial charge in [0, 0.05) is 20.7 Å². The summed E-state index contributed by atoms with van der Waals surface area (Å²) in [6, 6.07) is 9.69. The molecule has 0 aliphatic rings. The van der Waals surface area contributed by atoms with Crippen LogP contribution in [0.1, 0.15) is 13.8 Å². The van der Waals surface area contributed by atoms with Gasteiger partial charge in [0.1, 0.15) is 0 Å². The number of hydrogen-bond acceptors (Lipinski definition) is 4. The first-order chi connectivity index (χ1) is 10.7. The average molecular weight is 330 g/mol. The zero-order valence-electron chi connectivity index (χ0n) is 12.6. The summed E-state index contributed by atoms with van der Waals surface area (Å²) in [6.07, 6.45) is 0. The van der Waals surface area contributed by atoms with E-state index in [9.17, 15) is 4.79 Å². The molecule has 0 amide bonds. The highest BCUT2D eigenvalue weighted by Crippen LogP contribution is 2.37. The first-order valence-corrected chi connectivity index (χ1v) is 9.27. The topological polar surface area (TPSA) is 58.9 Å². The highest BCUT2D eigenvalue weighted by molar-refractivity contribution is 8.00. The van der Waals surface area contributed by atoms with Crippen LogP contribution in [0.3, 0.4) is 0 Å². The van der Waals surface area contributed by atoms with E-state index in [1.54, 1.807) is 23.5 Å². The van der Waals surface area contributed by atoms with E-state index in [1.165, 1.54) is 0 Å². The molecular formula is C17H18N2OS2. The molecule has 3 rings (SSSR count). The van der Waals surface area contributed by atoms with Gasteiger partial charge < -0.3 is 10.7 Å². The normalized spacial score (nSPS) is 11.4. The number of nitrogens with two attached hydrogens (primary N) is 1. The van der Waals surface area contributed by atoms with Crippen LogP contribution in [0, 0.1) is 0 Å². The Labute approximate surface area is 137 Å². The summed E-state index contributed by atoms with van der Waals surface area (Å²) in [6.45, 7) is 4.20. The largest absolute Gasteiger partial charge is 0.397 e. The molecule has 0 bridgehead atoms. The molecule has 5 heteroatoms. The van der Waals surface area contributed by atoms with Gasteiger partial charge in [-0.05, 0) is 29.7 Å². The summed E-state index contributed by atoms with van der Waals surface area (Å²) in [4.78, 5) is 18.4. The van der Waals surface area contributed by atoms with Gasteiger partial charge in [-0.2, -0.15) is 0 Å². The van der Waals surface area contributed by atoms with Crippen LogP contribution < -0.4 is 11.2 Å². The number of fused-ring (bicyclic) bond motifs is 2. The zero-order valence-corrected chi connectivity index (χ0v) is 14.2. The lowest BCUT2D eigenvalue weighted by Gasteiger charge is -2.13. The standard InChI is InChI=1S/C17H18N2OS2/c1-3-21-12-9-13(22-4-2)16-14(15(12)18)17(20)10-7-5-6-8-11(10)19-16/h5-9H,3-4,18H2,1-2H3,(H,19,20). The number of nitrogen functional groups attached to an aromatic ring is 1. The minimum atomic E-state index is 0.0124. The predicted molar refractivity (Wildman–Crippen MR) is 99.3 cm³/mol. The molecule has 0 spiro atoms. The van der Waals surface area contributed by atoms with Gasteiger partial charge in [0.25, 0.3) is 0 Å². The van der Waals surface area contributed by atoms with Crippen LogP contribution in [-0.2, 0) is 0 Å². The van der Waals surface area contributed by atoms with Crippen molar-refractivity contribution in [1.29, 1.82) is 0 Å². The van der Waals surface area contributed by atoms with Crippen molar-refractivity contribution in [1.82, 2.24) is 4.98 Å². The summed E-state index contributed by atoms with van der Waals surface area (Å²) in [5, 5.41) is 1.31. The summed E-state index contributed by atoms with van der Waals surface area (Å²) >= 11 is 3.41. The molecule has 0 radical (unpaired) electrons. The Morgan fingerprint density at radius 1 is 1.09 bits per heavy atom. The van der Waals surface area contributed by atoms with Crippen LogP contribution >= 0.6 is 23.5 Å². The highest BCUT2D eigenvalue weighted by Gasteiger charge is 2.15. The van der Waals surface area contributed by atoms with E-state index >= 15 is 0 Å². The third-order valence-electron chi connectivity index (χ3n) is 3.55. The van der Waals surface area contributed by atoms with E-state index < -0.39 is 0 Å². The number of H-pyrrole nitrogens is 1. The molecule has 0 aliphatic carbocycles. The first-order valence-electron chi connectivity index (χ1n) is 7.30. The van der Waals surface area contributed by atoms with Gasteiger partial charge in [-0.1, -0.05) is 26.0 Å². The van der Waals surface area contributed by atoms with Gasteiger partial charge in [-0.15, -0.1) is 23.5 Å². The van der Waals surface area contributed by atoms with Crippen molar-refractivity contribution in [2.75, 3.05) is 17.2 Å². The summed E-state index contributed by atoms with van der Waals surface area (Å²) in [7, 11) is 0. The minimum Gasteiger partial charge on any atom is -0.397 e. The Balaban J connectivity index is 2.47. The second-order valence-corrected chi connectivity index (χ2v) is 7.51. The maximum atomic E-state index is 12.9. The number of thioether (sulfide) groups is 2. The van der Waals surface area contributed by atoms with Crippen LogP contribution in [0.5, 0.6) is 0 Å². The van der Waals surface area contributed by atoms with Gasteiger partial charge in [0.15, 0.2) is 5.43 Å². The molecule has 0 saturated heterocycles. The van der Waals surface area contributed by atoms with Gasteiger partial charge in [-0.25, -0.2) is 0 Å². The second-order valence-electron chi connectivity index (χ2n) is 4.90. The van der Waals surface area contributed by atoms with Gasteiger partial charge in [0.05, 0.1) is 16.6 Å². The number of aromatic amines is 1. The first kappa shape index (κ1) is 15.3. The maximum Gasteiger partial charge on any atom is 0.199 e. The highest BCUT2D eigenvalue weighted by atomic mass is 32.2. The van der Waals surface area contributed by atoms with E-state index in [0.29, 0.717) is 16.5 Å². The van der Waals surface area contributed by atoms with Gasteiger partial charge in [-0.3, -0.25) is 4.79 Å². The van der Waals surface area contributed by atoms with Crippen molar-refractivity contribution in [3.05, 3.63) is 40.6 Å². The van der Waals surface area contributed by atoms with Crippen LogP contribution in [0.25, 0.3) is 21.8 Å². The number of nitrogens with one attached hydrogen (secondary N) is 1. The van der Waals surface area contributed by atoms with E-state index in [2.05, 4.69) is 24.9 Å². The fourth-order valence-corrected chi connectivity index (χ4v) is 4.27. The van der Waals surface area contributed by atoms with E-state index in [-0.39, 0.29) is 5.43 Å². The van der Waals surface area contributed by atoms with Crippen molar-refractivity contribution in [2.45, 2.75) is 23.6 Å². The average Bonchev–Trinajstić information content (AvgIpc) is 2.52. The molecule has 3 N–H and O–H groups in total. The SMILES string of the molecule is CCSc1cc(SCC)c2[nH]c3ccccc3c(=O)c2c1N. The molecule has 0 fully saturated rings. The van der Waals surface area contributed by atoms with Gasteiger partial charge >= 0.3 is 0 Å². The van der Waals surface area contributed by atoms with E-state index in [4.69, 9.17) is 5.73 Å². The molecule has 0 unspecified atom stereocenters. The molecule has 0 atom stereocenters. The number of rotatable bonds is 4. The number of aromatic nitrogens is 1. The van der Waals surface area contributed by atoms with Crippen molar-refractivity contribution in [3.8, 4) is 0 Å². The Hall–Kier alpha value is -1.59. The lowest BCUT2D eigenvalue weighted by atomic mass is 10.1. The molecule has 22 heavy (non-hydrogen) atoms. The van der Waals surface area contributed by atoms with E-state index in [1.807, 2.05) is 24.3 Å². The van der Waals surface area contributed by atoms with Crippen molar-refractivity contribution < 1.29 is 0 Å².